The molecule has 0 bridgehead atoms. The van der Waals surface area contributed by atoms with E-state index in [1.807, 2.05) is 0 Å². The Morgan fingerprint density at radius 3 is 1.37 bits per heavy atom. The predicted octanol–water partition coefficient (Wildman–Crippen LogP) is 2.32. The average Bonchev–Trinajstić information content (AvgIpc) is 2.69. The van der Waals surface area contributed by atoms with Crippen molar-refractivity contribution in [2.75, 3.05) is 14.2 Å². The van der Waals surface area contributed by atoms with Gasteiger partial charge in [0.2, 0.25) is 0 Å². The summed E-state index contributed by atoms with van der Waals surface area (Å²) in [5, 5.41) is 15.5. The topological polar surface area (TPSA) is 118 Å². The number of carbonyl (C=O) groups is 4. The number of hydrogen-bond donors (Lipinski definition) is 2. The van der Waals surface area contributed by atoms with Crippen LogP contribution in [0, 0.1) is 0 Å². The zero-order valence-electron chi connectivity index (χ0n) is 14.7. The third-order valence-electron chi connectivity index (χ3n) is 2.76. The minimum Gasteiger partial charge on any atom is -0.478 e. The molecule has 2 N–H and O–H groups in total. The lowest BCUT2D eigenvalue weighted by atomic mass is 10.1. The molecule has 0 saturated carbocycles. The Labute approximate surface area is 170 Å². The maximum Gasteiger partial charge on any atom is 0.337 e. The smallest absolute Gasteiger partial charge is 0.337 e. The van der Waals surface area contributed by atoms with Gasteiger partial charge in [-0.2, -0.15) is 27.0 Å². The number of aromatic carboxylic acids is 1. The van der Waals surface area contributed by atoms with Gasteiger partial charge >= 0.3 is 11.9 Å². The second kappa shape index (κ2) is 16.8. The van der Waals surface area contributed by atoms with E-state index in [0.29, 0.717) is 23.0 Å². The van der Waals surface area contributed by atoms with E-state index < -0.39 is 11.9 Å². The van der Waals surface area contributed by atoms with Gasteiger partial charge in [0.05, 0.1) is 18.2 Å². The summed E-state index contributed by atoms with van der Waals surface area (Å²) in [5.74, 6) is -1.38. The molecule has 0 fully saturated rings. The highest BCUT2D eigenvalue weighted by Crippen LogP contribution is 2.03. The molecule has 0 atom stereocenters. The molecule has 7 nitrogen and oxygen atoms in total. The van der Waals surface area contributed by atoms with Crippen LogP contribution in [0.5, 0.6) is 0 Å². The van der Waals surface area contributed by atoms with E-state index in [0.717, 1.165) is 13.4 Å². The lowest BCUT2D eigenvalue weighted by Gasteiger charge is -1.97. The standard InChI is InChI=1S/C9H8O3.C8H6O3.CH4O.2H2S/c1-12-9(11)8-4-2-7(6-10)3-5-8;9-5-6-1-3-7(4-2-6)8(10)11;1-2;;/h2-6H,1H3;1-5H,(H,10,11);2H,1H3;2*1H2. The first-order chi connectivity index (χ1) is 12.0. The number of ether oxygens (including phenoxy) is 1. The van der Waals surface area contributed by atoms with Crippen molar-refractivity contribution in [3.05, 3.63) is 70.8 Å². The zero-order chi connectivity index (χ0) is 19.2. The molecule has 27 heavy (non-hydrogen) atoms. The first-order valence-corrected chi connectivity index (χ1v) is 6.88. The molecule has 0 spiro atoms. The fourth-order valence-corrected chi connectivity index (χ4v) is 1.52. The molecule has 0 aliphatic rings. The molecule has 0 amide bonds. The van der Waals surface area contributed by atoms with E-state index in [9.17, 15) is 19.2 Å². The summed E-state index contributed by atoms with van der Waals surface area (Å²) in [6.07, 6.45) is 1.40. The van der Waals surface area contributed by atoms with Crippen LogP contribution in [0.1, 0.15) is 41.4 Å². The molecule has 0 radical (unpaired) electrons. The monoisotopic (exact) mass is 414 g/mol. The fourth-order valence-electron chi connectivity index (χ4n) is 1.52. The number of aliphatic hydroxyl groups excluding tert-OH is 1. The lowest BCUT2D eigenvalue weighted by Crippen LogP contribution is -2.00. The first-order valence-electron chi connectivity index (χ1n) is 6.88. The highest BCUT2D eigenvalue weighted by atomic mass is 32.1. The normalized spacial score (nSPS) is 7.96. The van der Waals surface area contributed by atoms with E-state index in [1.165, 1.54) is 31.4 Å². The van der Waals surface area contributed by atoms with Gasteiger partial charge in [0, 0.05) is 18.2 Å². The summed E-state index contributed by atoms with van der Waals surface area (Å²) in [6, 6.07) is 12.0. The number of benzene rings is 2. The van der Waals surface area contributed by atoms with Crippen LogP contribution >= 0.6 is 27.0 Å². The average molecular weight is 415 g/mol. The number of carboxylic acids is 1. The lowest BCUT2D eigenvalue weighted by molar-refractivity contribution is 0.0599. The van der Waals surface area contributed by atoms with Crippen LogP contribution in [0.4, 0.5) is 0 Å². The van der Waals surface area contributed by atoms with Crippen molar-refractivity contribution in [2.24, 2.45) is 0 Å². The van der Waals surface area contributed by atoms with Crippen LogP contribution in [0.15, 0.2) is 48.5 Å². The van der Waals surface area contributed by atoms with Crippen LogP contribution in [0.25, 0.3) is 0 Å². The number of carbonyl (C=O) groups excluding carboxylic acids is 3. The van der Waals surface area contributed by atoms with Gasteiger partial charge in [0.25, 0.3) is 0 Å². The summed E-state index contributed by atoms with van der Waals surface area (Å²) >= 11 is 0. The van der Waals surface area contributed by atoms with Gasteiger partial charge in [-0.1, -0.05) is 24.3 Å². The highest BCUT2D eigenvalue weighted by molar-refractivity contribution is 7.59. The SMILES string of the molecule is CO.COC(=O)c1ccc(C=O)cc1.O=Cc1ccc(C(=O)O)cc1.S.S. The van der Waals surface area contributed by atoms with Crippen molar-refractivity contribution in [1.29, 1.82) is 0 Å². The molecule has 0 aliphatic heterocycles. The number of carboxylic acid groups (broad SMARTS) is 1. The van der Waals surface area contributed by atoms with Crippen LogP contribution < -0.4 is 0 Å². The summed E-state index contributed by atoms with van der Waals surface area (Å²) in [4.78, 5) is 41.6. The maximum atomic E-state index is 10.9. The number of hydrogen-bond acceptors (Lipinski definition) is 6. The fraction of sp³-hybridized carbons (Fsp3) is 0.111. The molecule has 0 aliphatic carbocycles. The number of aliphatic hydroxyl groups is 1. The first kappa shape index (κ1) is 29.2. The zero-order valence-corrected chi connectivity index (χ0v) is 16.7. The number of methoxy groups -OCH3 is 1. The number of esters is 1. The van der Waals surface area contributed by atoms with E-state index in [2.05, 4.69) is 4.74 Å². The molecule has 0 aromatic heterocycles. The van der Waals surface area contributed by atoms with Gasteiger partial charge in [0.1, 0.15) is 12.6 Å². The van der Waals surface area contributed by atoms with Gasteiger partial charge < -0.3 is 14.9 Å². The molecular weight excluding hydrogens is 392 g/mol. The van der Waals surface area contributed by atoms with Crippen LogP contribution in [-0.4, -0.2) is 48.9 Å². The van der Waals surface area contributed by atoms with Crippen molar-refractivity contribution in [1.82, 2.24) is 0 Å². The summed E-state index contributed by atoms with van der Waals surface area (Å²) in [5.41, 5.74) is 1.66. The highest BCUT2D eigenvalue weighted by Gasteiger charge is 2.03. The number of aldehydes is 2. The van der Waals surface area contributed by atoms with E-state index in [1.54, 1.807) is 24.3 Å². The molecule has 2 rings (SSSR count). The van der Waals surface area contributed by atoms with Crippen molar-refractivity contribution >= 4 is 51.5 Å². The summed E-state index contributed by atoms with van der Waals surface area (Å²) < 4.78 is 4.48. The molecular formula is C18H22O7S2. The third kappa shape index (κ3) is 10.9. The van der Waals surface area contributed by atoms with Crippen molar-refractivity contribution in [3.63, 3.8) is 0 Å². The van der Waals surface area contributed by atoms with Gasteiger partial charge in [-0.25, -0.2) is 9.59 Å². The molecule has 9 heteroatoms. The van der Waals surface area contributed by atoms with Gasteiger partial charge in [-0.3, -0.25) is 9.59 Å². The molecule has 0 heterocycles. The van der Waals surface area contributed by atoms with Crippen LogP contribution in [-0.2, 0) is 4.74 Å². The maximum absolute atomic E-state index is 10.9. The van der Waals surface area contributed by atoms with Crippen molar-refractivity contribution in [3.8, 4) is 0 Å². The Morgan fingerprint density at radius 1 is 0.778 bits per heavy atom. The van der Waals surface area contributed by atoms with Crippen LogP contribution in [0.3, 0.4) is 0 Å². The second-order valence-corrected chi connectivity index (χ2v) is 4.28. The predicted molar refractivity (Wildman–Crippen MR) is 111 cm³/mol. The van der Waals surface area contributed by atoms with Gasteiger partial charge in [0.15, 0.2) is 0 Å². The largest absolute Gasteiger partial charge is 0.478 e. The van der Waals surface area contributed by atoms with Crippen molar-refractivity contribution in [2.45, 2.75) is 0 Å². The Hall–Kier alpha value is -2.62. The molecule has 2 aromatic rings. The molecule has 148 valence electrons. The molecule has 0 unspecified atom stereocenters. The molecule has 0 saturated heterocycles. The Bertz CT molecular complexity index is 699. The Kier molecular flexibility index (Phi) is 18.2. The quantitative estimate of drug-likeness (QED) is 0.582. The van der Waals surface area contributed by atoms with E-state index in [-0.39, 0.29) is 32.6 Å². The van der Waals surface area contributed by atoms with Gasteiger partial charge in [-0.05, 0) is 24.3 Å². The van der Waals surface area contributed by atoms with E-state index >= 15 is 0 Å². The van der Waals surface area contributed by atoms with E-state index in [4.69, 9.17) is 10.2 Å². The Balaban J connectivity index is -0.000000367. The number of rotatable bonds is 4. The van der Waals surface area contributed by atoms with Gasteiger partial charge in [-0.15, -0.1) is 0 Å². The minimum absolute atomic E-state index is 0. The summed E-state index contributed by atoms with van der Waals surface area (Å²) in [6.45, 7) is 0. The minimum atomic E-state index is -0.984. The summed E-state index contributed by atoms with van der Waals surface area (Å²) in [7, 11) is 2.32. The Morgan fingerprint density at radius 2 is 1.11 bits per heavy atom. The van der Waals surface area contributed by atoms with Crippen molar-refractivity contribution < 1.29 is 34.1 Å². The third-order valence-corrected chi connectivity index (χ3v) is 2.76. The molecule has 2 aromatic carbocycles. The second-order valence-electron chi connectivity index (χ2n) is 4.28. The van der Waals surface area contributed by atoms with Crippen LogP contribution in [0.2, 0.25) is 0 Å².